The van der Waals surface area contributed by atoms with Crippen LogP contribution in [-0.2, 0) is 13.6 Å². The Morgan fingerprint density at radius 1 is 1.07 bits per heavy atom. The first-order valence-corrected chi connectivity index (χ1v) is 9.30. The number of hydrogen-bond donors (Lipinski definition) is 0. The molecule has 0 bridgehead atoms. The fraction of sp³-hybridized carbons (Fsp3) is 0.190. The fourth-order valence-corrected chi connectivity index (χ4v) is 3.32. The van der Waals surface area contributed by atoms with Crippen LogP contribution < -0.4 is 0 Å². The number of halogens is 1. The minimum absolute atomic E-state index is 0.158. The zero-order valence-corrected chi connectivity index (χ0v) is 17.0. The molecule has 6 heteroatoms. The molecule has 0 aliphatic heterocycles. The number of amides is 1. The smallest absolute Gasteiger partial charge is 0.254 e. The molecule has 138 valence electrons. The van der Waals surface area contributed by atoms with E-state index in [0.717, 1.165) is 15.7 Å². The lowest BCUT2D eigenvalue weighted by molar-refractivity contribution is 0.0777. The Balaban J connectivity index is 1.89. The van der Waals surface area contributed by atoms with E-state index >= 15 is 0 Å². The van der Waals surface area contributed by atoms with Gasteiger partial charge < -0.3 is 4.90 Å². The normalized spacial score (nSPS) is 10.7. The molecule has 0 N–H and O–H groups in total. The lowest BCUT2D eigenvalue weighted by atomic mass is 9.97. The van der Waals surface area contributed by atoms with Crippen molar-refractivity contribution in [3.8, 4) is 0 Å². The van der Waals surface area contributed by atoms with E-state index in [9.17, 15) is 9.59 Å². The molecule has 0 spiro atoms. The van der Waals surface area contributed by atoms with Gasteiger partial charge in [0.15, 0.2) is 5.78 Å². The Morgan fingerprint density at radius 2 is 1.70 bits per heavy atom. The van der Waals surface area contributed by atoms with Crippen LogP contribution in [0.1, 0.15) is 37.5 Å². The highest BCUT2D eigenvalue weighted by atomic mass is 79.9. The van der Waals surface area contributed by atoms with Crippen molar-refractivity contribution in [1.29, 1.82) is 0 Å². The van der Waals surface area contributed by atoms with Gasteiger partial charge in [-0.2, -0.15) is 5.10 Å². The van der Waals surface area contributed by atoms with Crippen LogP contribution in [0.4, 0.5) is 0 Å². The third-order valence-electron chi connectivity index (χ3n) is 4.46. The van der Waals surface area contributed by atoms with E-state index < -0.39 is 0 Å². The van der Waals surface area contributed by atoms with E-state index in [-0.39, 0.29) is 11.7 Å². The quantitative estimate of drug-likeness (QED) is 0.580. The molecular weight excluding hydrogens is 406 g/mol. The molecule has 27 heavy (non-hydrogen) atoms. The summed E-state index contributed by atoms with van der Waals surface area (Å²) in [6.45, 7) is 2.35. The molecule has 0 aliphatic carbocycles. The topological polar surface area (TPSA) is 55.2 Å². The molecule has 0 saturated heterocycles. The van der Waals surface area contributed by atoms with Crippen LogP contribution in [0, 0.1) is 6.92 Å². The molecular formula is C21H20BrN3O2. The van der Waals surface area contributed by atoms with Crippen molar-refractivity contribution in [2.75, 3.05) is 7.05 Å². The van der Waals surface area contributed by atoms with Gasteiger partial charge in [-0.3, -0.25) is 14.3 Å². The van der Waals surface area contributed by atoms with Gasteiger partial charge in [-0.25, -0.2) is 0 Å². The van der Waals surface area contributed by atoms with E-state index in [0.29, 0.717) is 23.2 Å². The molecule has 0 atom stereocenters. The van der Waals surface area contributed by atoms with Crippen molar-refractivity contribution < 1.29 is 9.59 Å². The van der Waals surface area contributed by atoms with Crippen molar-refractivity contribution in [2.45, 2.75) is 13.5 Å². The van der Waals surface area contributed by atoms with Crippen LogP contribution >= 0.6 is 15.9 Å². The molecule has 1 amide bonds. The van der Waals surface area contributed by atoms with E-state index in [2.05, 4.69) is 21.0 Å². The van der Waals surface area contributed by atoms with Crippen LogP contribution in [0.3, 0.4) is 0 Å². The molecule has 0 fully saturated rings. The first-order chi connectivity index (χ1) is 12.9. The van der Waals surface area contributed by atoms with Gasteiger partial charge in [-0.05, 0) is 28.9 Å². The van der Waals surface area contributed by atoms with E-state index in [1.54, 1.807) is 59.2 Å². The van der Waals surface area contributed by atoms with Gasteiger partial charge in [-0.15, -0.1) is 0 Å². The van der Waals surface area contributed by atoms with Crippen molar-refractivity contribution >= 4 is 27.6 Å². The van der Waals surface area contributed by atoms with Crippen LogP contribution in [0.25, 0.3) is 0 Å². The summed E-state index contributed by atoms with van der Waals surface area (Å²) in [6, 6.07) is 14.3. The predicted molar refractivity (Wildman–Crippen MR) is 108 cm³/mol. The highest BCUT2D eigenvalue weighted by molar-refractivity contribution is 9.10. The number of nitrogens with zero attached hydrogens (tertiary/aromatic N) is 3. The second kappa shape index (κ2) is 7.88. The molecule has 1 aromatic heterocycles. The first-order valence-electron chi connectivity index (χ1n) is 8.50. The number of carbonyl (C=O) groups excluding carboxylic acids is 2. The Kier molecular flexibility index (Phi) is 5.56. The summed E-state index contributed by atoms with van der Waals surface area (Å²) in [7, 11) is 3.54. The molecule has 0 unspecified atom stereocenters. The van der Waals surface area contributed by atoms with Crippen LogP contribution in [-0.4, -0.2) is 33.4 Å². The summed E-state index contributed by atoms with van der Waals surface area (Å²) in [5, 5.41) is 4.17. The standard InChI is InChI=1S/C21H20BrN3O2/c1-14-8-10-15(11-9-14)20(26)16-6-4-5-7-17(16)21(27)24(2)13-19-18(22)12-23-25(19)3/h4-12H,13H2,1-3H3. The van der Waals surface area contributed by atoms with E-state index in [4.69, 9.17) is 0 Å². The average molecular weight is 426 g/mol. The van der Waals surface area contributed by atoms with Crippen LogP contribution in [0.2, 0.25) is 0 Å². The SMILES string of the molecule is Cc1ccc(C(=O)c2ccccc2C(=O)N(C)Cc2c(Br)cnn2C)cc1. The minimum atomic E-state index is -0.209. The highest BCUT2D eigenvalue weighted by Crippen LogP contribution is 2.20. The Labute approximate surface area is 166 Å². The fourth-order valence-electron chi connectivity index (χ4n) is 2.84. The zero-order chi connectivity index (χ0) is 19.6. The van der Waals surface area contributed by atoms with Gasteiger partial charge >= 0.3 is 0 Å². The number of hydrogen-bond acceptors (Lipinski definition) is 3. The van der Waals surface area contributed by atoms with Gasteiger partial charge in [-0.1, -0.05) is 48.0 Å². The van der Waals surface area contributed by atoms with Gasteiger partial charge in [0.25, 0.3) is 5.91 Å². The van der Waals surface area contributed by atoms with Crippen molar-refractivity contribution in [2.24, 2.45) is 7.05 Å². The third kappa shape index (κ3) is 4.01. The van der Waals surface area contributed by atoms with Crippen molar-refractivity contribution in [3.63, 3.8) is 0 Å². The Morgan fingerprint density at radius 3 is 2.30 bits per heavy atom. The molecule has 3 rings (SSSR count). The summed E-state index contributed by atoms with van der Waals surface area (Å²) in [5.74, 6) is -0.367. The number of benzene rings is 2. The summed E-state index contributed by atoms with van der Waals surface area (Å²) < 4.78 is 2.56. The lowest BCUT2D eigenvalue weighted by Gasteiger charge is -2.19. The molecule has 3 aromatic rings. The maximum absolute atomic E-state index is 13.0. The number of rotatable bonds is 5. The summed E-state index contributed by atoms with van der Waals surface area (Å²) in [5.41, 5.74) is 3.33. The first kappa shape index (κ1) is 19.0. The van der Waals surface area contributed by atoms with Crippen LogP contribution in [0.5, 0.6) is 0 Å². The van der Waals surface area contributed by atoms with Gasteiger partial charge in [0.1, 0.15) is 0 Å². The van der Waals surface area contributed by atoms with Crippen molar-refractivity contribution in [3.05, 3.63) is 87.1 Å². The number of aromatic nitrogens is 2. The second-order valence-corrected chi connectivity index (χ2v) is 7.32. The van der Waals surface area contributed by atoms with Crippen molar-refractivity contribution in [1.82, 2.24) is 14.7 Å². The molecule has 1 heterocycles. The monoisotopic (exact) mass is 425 g/mol. The molecule has 0 saturated carbocycles. The maximum atomic E-state index is 13.0. The van der Waals surface area contributed by atoms with Crippen LogP contribution in [0.15, 0.2) is 59.2 Å². The summed E-state index contributed by atoms with van der Waals surface area (Å²) >= 11 is 3.45. The summed E-state index contributed by atoms with van der Waals surface area (Å²) in [6.07, 6.45) is 1.70. The Hall–Kier alpha value is -2.73. The van der Waals surface area contributed by atoms with Gasteiger partial charge in [0, 0.05) is 25.2 Å². The molecule has 0 radical (unpaired) electrons. The third-order valence-corrected chi connectivity index (χ3v) is 5.12. The zero-order valence-electron chi connectivity index (χ0n) is 15.4. The average Bonchev–Trinajstić information content (AvgIpc) is 2.99. The van der Waals surface area contributed by atoms with Gasteiger partial charge in [0.05, 0.1) is 28.5 Å². The lowest BCUT2D eigenvalue weighted by Crippen LogP contribution is -2.29. The molecule has 2 aromatic carbocycles. The molecule has 0 aliphatic rings. The predicted octanol–water partition coefficient (Wildman–Crippen LogP) is 3.99. The number of carbonyl (C=O) groups is 2. The number of aryl methyl sites for hydroxylation is 2. The minimum Gasteiger partial charge on any atom is -0.336 e. The largest absolute Gasteiger partial charge is 0.336 e. The Bertz CT molecular complexity index is 973. The molecule has 5 nitrogen and oxygen atoms in total. The maximum Gasteiger partial charge on any atom is 0.254 e. The second-order valence-electron chi connectivity index (χ2n) is 6.46. The number of ketones is 1. The highest BCUT2D eigenvalue weighted by Gasteiger charge is 2.22. The summed E-state index contributed by atoms with van der Waals surface area (Å²) in [4.78, 5) is 27.6. The van der Waals surface area contributed by atoms with E-state index in [1.165, 1.54) is 0 Å². The van der Waals surface area contributed by atoms with E-state index in [1.807, 2.05) is 26.1 Å². The van der Waals surface area contributed by atoms with Gasteiger partial charge in [0.2, 0.25) is 0 Å².